The lowest BCUT2D eigenvalue weighted by molar-refractivity contribution is -0.132. The Bertz CT molecular complexity index is 1070. The number of hydrogen-bond acceptors (Lipinski definition) is 6. The minimum atomic E-state index is -1.33. The number of para-hydroxylation sites is 1. The number of anilines is 1. The molecule has 1 aliphatic heterocycles. The Morgan fingerprint density at radius 1 is 0.824 bits per heavy atom. The summed E-state index contributed by atoms with van der Waals surface area (Å²) in [6.45, 7) is 2.76. The van der Waals surface area contributed by atoms with E-state index in [4.69, 9.17) is 0 Å². The number of carbonyl (C=O) groups excluding carboxylic acids is 4. The van der Waals surface area contributed by atoms with Crippen molar-refractivity contribution in [3.63, 3.8) is 0 Å². The smallest absolute Gasteiger partial charge is 0.254 e. The van der Waals surface area contributed by atoms with Crippen LogP contribution in [0.2, 0.25) is 0 Å². The van der Waals surface area contributed by atoms with Gasteiger partial charge in [0, 0.05) is 6.42 Å². The first-order chi connectivity index (χ1) is 16.2. The maximum Gasteiger partial charge on any atom is 0.254 e. The summed E-state index contributed by atoms with van der Waals surface area (Å²) >= 11 is 0. The summed E-state index contributed by atoms with van der Waals surface area (Å²) in [6.07, 6.45) is 0.0624. The van der Waals surface area contributed by atoms with Gasteiger partial charge < -0.3 is 31.5 Å². The number of aromatic hydroxyl groups is 1. The fourth-order valence-corrected chi connectivity index (χ4v) is 3.57. The van der Waals surface area contributed by atoms with Gasteiger partial charge in [0.25, 0.3) is 5.91 Å². The number of rotatable bonds is 4. The minimum Gasteiger partial charge on any atom is -0.508 e. The Morgan fingerprint density at radius 3 is 2.12 bits per heavy atom. The van der Waals surface area contributed by atoms with E-state index in [9.17, 15) is 29.4 Å². The van der Waals surface area contributed by atoms with Gasteiger partial charge in [0.15, 0.2) is 0 Å². The standard InChI is InChI=1S/C24H28N4O6/c1-13(2)20-24(34)27-19(12-29)23(33)26-18(11-14-7-9-15(30)10-8-14)22(32)25-17-6-4-3-5-16(17)21(31)28-20/h3-10,13,18-20,29-30H,11-12H2,1-2H3,(H,25,32)(H,26,33)(H,27,34)(H,28,31)/t18-,19-,20-/m0/s1. The number of phenolic OH excluding ortho intramolecular Hbond substituents is 1. The van der Waals surface area contributed by atoms with Gasteiger partial charge in [0.1, 0.15) is 23.9 Å². The van der Waals surface area contributed by atoms with E-state index in [1.165, 1.54) is 18.2 Å². The summed E-state index contributed by atoms with van der Waals surface area (Å²) in [5.74, 6) is -2.82. The molecule has 2 aromatic carbocycles. The van der Waals surface area contributed by atoms with E-state index < -0.39 is 48.4 Å². The fraction of sp³-hybridized carbons (Fsp3) is 0.333. The molecule has 0 fully saturated rings. The lowest BCUT2D eigenvalue weighted by Crippen LogP contribution is -2.58. The molecule has 1 aliphatic rings. The van der Waals surface area contributed by atoms with E-state index in [0.29, 0.717) is 5.56 Å². The summed E-state index contributed by atoms with van der Waals surface area (Å²) in [4.78, 5) is 51.9. The van der Waals surface area contributed by atoms with Crippen LogP contribution in [0.4, 0.5) is 5.69 Å². The first kappa shape index (κ1) is 24.7. The lowest BCUT2D eigenvalue weighted by atomic mass is 10.0. The van der Waals surface area contributed by atoms with Gasteiger partial charge in [-0.15, -0.1) is 0 Å². The van der Waals surface area contributed by atoms with E-state index in [2.05, 4.69) is 21.3 Å². The summed E-state index contributed by atoms with van der Waals surface area (Å²) < 4.78 is 0. The van der Waals surface area contributed by atoms with Crippen molar-refractivity contribution in [1.29, 1.82) is 0 Å². The van der Waals surface area contributed by atoms with Crippen molar-refractivity contribution < 1.29 is 29.4 Å². The molecule has 0 unspecified atom stereocenters. The molecule has 4 amide bonds. The third kappa shape index (κ3) is 5.90. The zero-order valence-electron chi connectivity index (χ0n) is 18.9. The number of aliphatic hydroxyl groups excluding tert-OH is 1. The third-order valence-electron chi connectivity index (χ3n) is 5.49. The monoisotopic (exact) mass is 468 g/mol. The number of fused-ring (bicyclic) bond motifs is 1. The molecule has 34 heavy (non-hydrogen) atoms. The predicted molar refractivity (Wildman–Crippen MR) is 124 cm³/mol. The Hall–Kier alpha value is -3.92. The van der Waals surface area contributed by atoms with Crippen LogP contribution < -0.4 is 21.3 Å². The zero-order valence-corrected chi connectivity index (χ0v) is 18.9. The second-order valence-electron chi connectivity index (χ2n) is 8.41. The number of amides is 4. The topological polar surface area (TPSA) is 157 Å². The van der Waals surface area contributed by atoms with Crippen LogP contribution in [-0.4, -0.2) is 58.6 Å². The van der Waals surface area contributed by atoms with Crippen LogP contribution in [0.5, 0.6) is 5.75 Å². The van der Waals surface area contributed by atoms with Gasteiger partial charge in [-0.1, -0.05) is 38.1 Å². The molecule has 180 valence electrons. The van der Waals surface area contributed by atoms with E-state index in [1.807, 2.05) is 0 Å². The predicted octanol–water partition coefficient (Wildman–Crippen LogP) is 0.303. The van der Waals surface area contributed by atoms with Gasteiger partial charge in [-0.05, 0) is 35.7 Å². The molecular weight excluding hydrogens is 440 g/mol. The van der Waals surface area contributed by atoms with Crippen molar-refractivity contribution in [3.8, 4) is 5.75 Å². The number of phenols is 1. The van der Waals surface area contributed by atoms with Crippen LogP contribution in [0.1, 0.15) is 29.8 Å². The molecule has 0 aliphatic carbocycles. The normalized spacial score (nSPS) is 21.7. The number of benzene rings is 2. The van der Waals surface area contributed by atoms with E-state index in [1.54, 1.807) is 44.2 Å². The molecule has 0 saturated carbocycles. The first-order valence-electron chi connectivity index (χ1n) is 10.9. The highest BCUT2D eigenvalue weighted by atomic mass is 16.3. The summed E-state index contributed by atoms with van der Waals surface area (Å²) in [5, 5.41) is 29.6. The van der Waals surface area contributed by atoms with Crippen molar-refractivity contribution in [3.05, 3.63) is 59.7 Å². The summed E-state index contributed by atoms with van der Waals surface area (Å²) in [5.41, 5.74) is 1.02. The molecule has 3 rings (SSSR count). The Morgan fingerprint density at radius 2 is 1.47 bits per heavy atom. The molecule has 0 spiro atoms. The number of aliphatic hydroxyl groups is 1. The third-order valence-corrected chi connectivity index (χ3v) is 5.49. The molecule has 0 saturated heterocycles. The SMILES string of the molecule is CC(C)[C@@H]1NC(=O)c2ccccc2NC(=O)[C@H](Cc2ccc(O)cc2)NC(=O)[C@H](CO)NC1=O. The van der Waals surface area contributed by atoms with Gasteiger partial charge in [0.2, 0.25) is 17.7 Å². The molecule has 1 heterocycles. The molecular formula is C24H28N4O6. The van der Waals surface area contributed by atoms with Crippen LogP contribution in [0.25, 0.3) is 0 Å². The second kappa shape index (κ2) is 10.8. The van der Waals surface area contributed by atoms with E-state index >= 15 is 0 Å². The average Bonchev–Trinajstić information content (AvgIpc) is 2.81. The van der Waals surface area contributed by atoms with Crippen molar-refractivity contribution in [2.75, 3.05) is 11.9 Å². The van der Waals surface area contributed by atoms with Crippen LogP contribution >= 0.6 is 0 Å². The highest BCUT2D eigenvalue weighted by molar-refractivity contribution is 6.07. The zero-order chi connectivity index (χ0) is 24.8. The van der Waals surface area contributed by atoms with Crippen molar-refractivity contribution in [2.45, 2.75) is 38.4 Å². The van der Waals surface area contributed by atoms with Crippen molar-refractivity contribution in [1.82, 2.24) is 16.0 Å². The van der Waals surface area contributed by atoms with Crippen LogP contribution in [0.3, 0.4) is 0 Å². The maximum absolute atomic E-state index is 13.2. The number of carbonyl (C=O) groups is 4. The van der Waals surface area contributed by atoms with Crippen LogP contribution in [-0.2, 0) is 20.8 Å². The lowest BCUT2D eigenvalue weighted by Gasteiger charge is -2.25. The van der Waals surface area contributed by atoms with Crippen LogP contribution in [0.15, 0.2) is 48.5 Å². The fourth-order valence-electron chi connectivity index (χ4n) is 3.57. The molecule has 0 bridgehead atoms. The molecule has 10 heteroatoms. The molecule has 0 aromatic heterocycles. The van der Waals surface area contributed by atoms with E-state index in [-0.39, 0.29) is 29.3 Å². The van der Waals surface area contributed by atoms with Crippen LogP contribution in [0, 0.1) is 5.92 Å². The molecule has 6 N–H and O–H groups in total. The van der Waals surface area contributed by atoms with Gasteiger partial charge in [-0.3, -0.25) is 19.2 Å². The van der Waals surface area contributed by atoms with Crippen molar-refractivity contribution >= 4 is 29.3 Å². The van der Waals surface area contributed by atoms with Gasteiger partial charge in [-0.25, -0.2) is 0 Å². The second-order valence-corrected chi connectivity index (χ2v) is 8.41. The highest BCUT2D eigenvalue weighted by Gasteiger charge is 2.32. The average molecular weight is 469 g/mol. The molecule has 0 radical (unpaired) electrons. The van der Waals surface area contributed by atoms with Gasteiger partial charge >= 0.3 is 0 Å². The Kier molecular flexibility index (Phi) is 7.85. The summed E-state index contributed by atoms with van der Waals surface area (Å²) in [6, 6.07) is 9.06. The number of nitrogens with one attached hydrogen (secondary N) is 4. The van der Waals surface area contributed by atoms with Crippen molar-refractivity contribution in [2.24, 2.45) is 5.92 Å². The minimum absolute atomic E-state index is 0.0508. The van der Waals surface area contributed by atoms with Gasteiger partial charge in [0.05, 0.1) is 17.9 Å². The molecule has 3 atom stereocenters. The Balaban J connectivity index is 2.01. The Labute approximate surface area is 196 Å². The highest BCUT2D eigenvalue weighted by Crippen LogP contribution is 2.18. The largest absolute Gasteiger partial charge is 0.508 e. The maximum atomic E-state index is 13.2. The molecule has 10 nitrogen and oxygen atoms in total. The van der Waals surface area contributed by atoms with Gasteiger partial charge in [-0.2, -0.15) is 0 Å². The molecule has 2 aromatic rings. The number of hydrogen-bond donors (Lipinski definition) is 6. The summed E-state index contributed by atoms with van der Waals surface area (Å²) in [7, 11) is 0. The quantitative estimate of drug-likeness (QED) is 0.379. The first-order valence-corrected chi connectivity index (χ1v) is 10.9. The van der Waals surface area contributed by atoms with E-state index in [0.717, 1.165) is 0 Å².